The van der Waals surface area contributed by atoms with Gasteiger partial charge < -0.3 is 0 Å². The first-order valence-electron chi connectivity index (χ1n) is 8.47. The first kappa shape index (κ1) is 15.7. The van der Waals surface area contributed by atoms with Crippen LogP contribution >= 0.6 is 0 Å². The zero-order chi connectivity index (χ0) is 16.6. The van der Waals surface area contributed by atoms with E-state index in [-0.39, 0.29) is 0 Å². The second-order valence-corrected chi connectivity index (χ2v) is 6.78. The van der Waals surface area contributed by atoms with Gasteiger partial charge in [-0.25, -0.2) is 0 Å². The van der Waals surface area contributed by atoms with Crippen molar-refractivity contribution in [2.45, 2.75) is 47.0 Å². The van der Waals surface area contributed by atoms with Crippen molar-refractivity contribution in [2.75, 3.05) is 0 Å². The van der Waals surface area contributed by atoms with Crippen molar-refractivity contribution in [1.82, 2.24) is 4.98 Å². The van der Waals surface area contributed by atoms with E-state index in [0.29, 0.717) is 5.92 Å². The van der Waals surface area contributed by atoms with Crippen molar-refractivity contribution in [3.63, 3.8) is 0 Å². The minimum Gasteiger partial charge on any atom is -0.255 e. The van der Waals surface area contributed by atoms with Crippen molar-refractivity contribution in [2.24, 2.45) is 0 Å². The molecule has 0 saturated carbocycles. The molecule has 2 aromatic carbocycles. The summed E-state index contributed by atoms with van der Waals surface area (Å²) < 4.78 is 0. The Kier molecular flexibility index (Phi) is 4.21. The predicted molar refractivity (Wildman–Crippen MR) is 100 cm³/mol. The molecule has 0 aliphatic rings. The lowest BCUT2D eigenvalue weighted by Gasteiger charge is -2.14. The van der Waals surface area contributed by atoms with Crippen molar-refractivity contribution < 1.29 is 0 Å². The van der Waals surface area contributed by atoms with Gasteiger partial charge in [-0.2, -0.15) is 0 Å². The highest BCUT2D eigenvalue weighted by Gasteiger charge is 2.11. The molecule has 1 unspecified atom stereocenters. The Morgan fingerprint density at radius 2 is 1.61 bits per heavy atom. The van der Waals surface area contributed by atoms with Crippen LogP contribution < -0.4 is 0 Å². The highest BCUT2D eigenvalue weighted by atomic mass is 14.7. The van der Waals surface area contributed by atoms with Crippen LogP contribution in [0, 0.1) is 20.8 Å². The number of aromatic nitrogens is 1. The third-order valence-corrected chi connectivity index (χ3v) is 4.79. The fourth-order valence-electron chi connectivity index (χ4n) is 3.28. The zero-order valence-electron chi connectivity index (χ0n) is 14.8. The molecule has 3 rings (SSSR count). The number of hydrogen-bond acceptors (Lipinski definition) is 1. The van der Waals surface area contributed by atoms with Gasteiger partial charge in [0.05, 0.1) is 5.69 Å². The Balaban J connectivity index is 2.24. The predicted octanol–water partition coefficient (Wildman–Crippen LogP) is 6.34. The third-order valence-electron chi connectivity index (χ3n) is 4.79. The van der Waals surface area contributed by atoms with Crippen molar-refractivity contribution in [1.29, 1.82) is 0 Å². The third kappa shape index (κ3) is 3.01. The van der Waals surface area contributed by atoms with E-state index < -0.39 is 0 Å². The van der Waals surface area contributed by atoms with E-state index >= 15 is 0 Å². The molecule has 0 radical (unpaired) electrons. The first-order chi connectivity index (χ1) is 11.0. The van der Waals surface area contributed by atoms with Gasteiger partial charge in [0.15, 0.2) is 0 Å². The zero-order valence-corrected chi connectivity index (χ0v) is 14.8. The summed E-state index contributed by atoms with van der Waals surface area (Å²) in [4.78, 5) is 4.75. The molecule has 0 N–H and O–H groups in total. The number of pyridine rings is 1. The number of hydrogen-bond donors (Lipinski definition) is 0. The van der Waals surface area contributed by atoms with Crippen LogP contribution in [0.5, 0.6) is 0 Å². The van der Waals surface area contributed by atoms with Crippen LogP contribution in [0.15, 0.2) is 42.6 Å². The van der Waals surface area contributed by atoms with Crippen LogP contribution in [0.4, 0.5) is 0 Å². The molecule has 0 bridgehead atoms. The first-order valence-corrected chi connectivity index (χ1v) is 8.47. The Morgan fingerprint density at radius 3 is 2.26 bits per heavy atom. The standard InChI is InChI=1S/C22H25N/c1-6-16(4)18-7-8-20-21(12-18)17(5)13-23-22(20)19-10-14(2)9-15(3)11-19/h7-13,16H,6H2,1-5H3. The molecule has 3 aromatic rings. The molecule has 0 saturated heterocycles. The van der Waals surface area contributed by atoms with Gasteiger partial charge in [-0.1, -0.05) is 49.2 Å². The summed E-state index contributed by atoms with van der Waals surface area (Å²) in [6.07, 6.45) is 3.18. The summed E-state index contributed by atoms with van der Waals surface area (Å²) in [6, 6.07) is 13.5. The molecule has 1 heterocycles. The van der Waals surface area contributed by atoms with E-state index in [1.54, 1.807) is 0 Å². The monoisotopic (exact) mass is 303 g/mol. The molecule has 0 aliphatic heterocycles. The maximum absolute atomic E-state index is 4.75. The van der Waals surface area contributed by atoms with Gasteiger partial charge in [-0.3, -0.25) is 4.98 Å². The Labute approximate surface area is 139 Å². The lowest BCUT2D eigenvalue weighted by Crippen LogP contribution is -1.95. The van der Waals surface area contributed by atoms with Gasteiger partial charge in [0, 0.05) is 17.1 Å². The molecule has 0 aliphatic carbocycles. The Hall–Kier alpha value is -2.15. The molecular formula is C22H25N. The summed E-state index contributed by atoms with van der Waals surface area (Å²) in [5.74, 6) is 0.594. The number of rotatable bonds is 3. The van der Waals surface area contributed by atoms with Gasteiger partial charge in [0.25, 0.3) is 0 Å². The summed E-state index contributed by atoms with van der Waals surface area (Å²) in [7, 11) is 0. The van der Waals surface area contributed by atoms with Gasteiger partial charge in [-0.05, 0) is 61.8 Å². The van der Waals surface area contributed by atoms with E-state index in [2.05, 4.69) is 71.0 Å². The lowest BCUT2D eigenvalue weighted by atomic mass is 9.93. The van der Waals surface area contributed by atoms with Crippen LogP contribution in [-0.4, -0.2) is 4.98 Å². The number of nitrogens with zero attached hydrogens (tertiary/aromatic N) is 1. The second-order valence-electron chi connectivity index (χ2n) is 6.78. The van der Waals surface area contributed by atoms with Crippen molar-refractivity contribution >= 4 is 10.8 Å². The van der Waals surface area contributed by atoms with Crippen LogP contribution in [0.2, 0.25) is 0 Å². The van der Waals surface area contributed by atoms with E-state index in [4.69, 9.17) is 4.98 Å². The molecule has 0 spiro atoms. The van der Waals surface area contributed by atoms with E-state index in [9.17, 15) is 0 Å². The second kappa shape index (κ2) is 6.16. The number of aryl methyl sites for hydroxylation is 3. The molecule has 118 valence electrons. The van der Waals surface area contributed by atoms with Crippen molar-refractivity contribution in [3.05, 3.63) is 64.8 Å². The maximum Gasteiger partial charge on any atom is 0.0780 e. The minimum absolute atomic E-state index is 0.594. The quantitative estimate of drug-likeness (QED) is 0.550. The van der Waals surface area contributed by atoms with E-state index in [1.165, 1.54) is 45.0 Å². The average molecular weight is 303 g/mol. The Bertz CT molecular complexity index is 841. The fraction of sp³-hybridized carbons (Fsp3) is 0.318. The van der Waals surface area contributed by atoms with E-state index in [1.807, 2.05) is 6.20 Å². The Morgan fingerprint density at radius 1 is 0.913 bits per heavy atom. The van der Waals surface area contributed by atoms with Crippen LogP contribution in [0.3, 0.4) is 0 Å². The highest BCUT2D eigenvalue weighted by Crippen LogP contribution is 2.32. The normalized spacial score (nSPS) is 12.6. The average Bonchev–Trinajstić information content (AvgIpc) is 2.53. The van der Waals surface area contributed by atoms with E-state index in [0.717, 1.165) is 5.69 Å². The van der Waals surface area contributed by atoms with Gasteiger partial charge in [0.2, 0.25) is 0 Å². The van der Waals surface area contributed by atoms with Crippen molar-refractivity contribution in [3.8, 4) is 11.3 Å². The molecular weight excluding hydrogens is 278 g/mol. The SMILES string of the molecule is CCC(C)c1ccc2c(-c3cc(C)cc(C)c3)ncc(C)c2c1. The van der Waals surface area contributed by atoms with Gasteiger partial charge >= 0.3 is 0 Å². The molecule has 1 heteroatoms. The molecule has 1 nitrogen and oxygen atoms in total. The van der Waals surface area contributed by atoms with Crippen LogP contribution in [0.25, 0.3) is 22.0 Å². The summed E-state index contributed by atoms with van der Waals surface area (Å²) >= 11 is 0. The number of fused-ring (bicyclic) bond motifs is 1. The largest absolute Gasteiger partial charge is 0.255 e. The summed E-state index contributed by atoms with van der Waals surface area (Å²) in [5.41, 5.74) is 7.54. The minimum atomic E-state index is 0.594. The molecule has 23 heavy (non-hydrogen) atoms. The fourth-order valence-corrected chi connectivity index (χ4v) is 3.28. The highest BCUT2D eigenvalue weighted by molar-refractivity contribution is 5.96. The molecule has 0 fully saturated rings. The maximum atomic E-state index is 4.75. The van der Waals surface area contributed by atoms with Gasteiger partial charge in [-0.15, -0.1) is 0 Å². The summed E-state index contributed by atoms with van der Waals surface area (Å²) in [5, 5.41) is 2.58. The molecule has 1 atom stereocenters. The van der Waals surface area contributed by atoms with Crippen LogP contribution in [-0.2, 0) is 0 Å². The summed E-state index contributed by atoms with van der Waals surface area (Å²) in [6.45, 7) is 11.0. The van der Waals surface area contributed by atoms with Crippen LogP contribution in [0.1, 0.15) is 48.4 Å². The molecule has 1 aromatic heterocycles. The molecule has 0 amide bonds. The smallest absolute Gasteiger partial charge is 0.0780 e. The number of benzene rings is 2. The lowest BCUT2D eigenvalue weighted by molar-refractivity contribution is 0.734. The van der Waals surface area contributed by atoms with Gasteiger partial charge in [0.1, 0.15) is 0 Å². The topological polar surface area (TPSA) is 12.9 Å².